The van der Waals surface area contributed by atoms with Crippen molar-refractivity contribution >= 4 is 34.1 Å². The summed E-state index contributed by atoms with van der Waals surface area (Å²) in [5.41, 5.74) is 3.07. The number of hydrogen-bond acceptors (Lipinski definition) is 7. The molecule has 0 amide bonds. The van der Waals surface area contributed by atoms with Crippen molar-refractivity contribution in [2.75, 3.05) is 12.0 Å². The zero-order valence-electron chi connectivity index (χ0n) is 17.3. The molecular weight excluding hydrogens is 434 g/mol. The third-order valence-electron chi connectivity index (χ3n) is 4.59. The Morgan fingerprint density at radius 3 is 2.73 bits per heavy atom. The highest BCUT2D eigenvalue weighted by Gasteiger charge is 2.20. The van der Waals surface area contributed by atoms with Crippen molar-refractivity contribution in [3.63, 3.8) is 0 Å². The highest BCUT2D eigenvalue weighted by Crippen LogP contribution is 2.34. The van der Waals surface area contributed by atoms with Crippen LogP contribution in [0.2, 0.25) is 0 Å². The van der Waals surface area contributed by atoms with Gasteiger partial charge >= 0.3 is 0 Å². The quantitative estimate of drug-likeness (QED) is 0.319. The van der Waals surface area contributed by atoms with Gasteiger partial charge in [-0.05, 0) is 31.8 Å². The third kappa shape index (κ3) is 5.33. The number of thioether (sulfide) groups is 1. The van der Waals surface area contributed by atoms with Crippen LogP contribution in [-0.2, 0) is 17.3 Å². The first-order valence-electron chi connectivity index (χ1n) is 9.59. The lowest BCUT2D eigenvalue weighted by molar-refractivity contribution is 0.681. The SMILES string of the molecule is C=CC(C/C=C(\C)CSc1nnc(-c2snnc2-c2ccccc2)n1CC)S(C)=O. The van der Waals surface area contributed by atoms with Crippen LogP contribution in [0, 0.1) is 0 Å². The zero-order chi connectivity index (χ0) is 21.5. The Labute approximate surface area is 188 Å². The Bertz CT molecular complexity index is 1040. The molecule has 0 radical (unpaired) electrons. The van der Waals surface area contributed by atoms with Gasteiger partial charge in [0, 0.05) is 34.9 Å². The smallest absolute Gasteiger partial charge is 0.191 e. The normalized spacial score (nSPS) is 13.9. The van der Waals surface area contributed by atoms with Gasteiger partial charge in [0.2, 0.25) is 0 Å². The molecule has 30 heavy (non-hydrogen) atoms. The highest BCUT2D eigenvalue weighted by molar-refractivity contribution is 7.99. The minimum absolute atomic E-state index is 0.00826. The lowest BCUT2D eigenvalue weighted by Gasteiger charge is -2.08. The first kappa shape index (κ1) is 22.6. The summed E-state index contributed by atoms with van der Waals surface area (Å²) in [7, 11) is -0.904. The van der Waals surface area contributed by atoms with Crippen LogP contribution in [0.25, 0.3) is 22.0 Å². The first-order chi connectivity index (χ1) is 14.5. The van der Waals surface area contributed by atoms with Crippen molar-refractivity contribution in [2.24, 2.45) is 0 Å². The lowest BCUT2D eigenvalue weighted by Crippen LogP contribution is -2.09. The van der Waals surface area contributed by atoms with Crippen LogP contribution < -0.4 is 0 Å². The van der Waals surface area contributed by atoms with Crippen LogP contribution in [0.3, 0.4) is 0 Å². The van der Waals surface area contributed by atoms with Gasteiger partial charge in [-0.1, -0.05) is 64.3 Å². The summed E-state index contributed by atoms with van der Waals surface area (Å²) >= 11 is 2.99. The summed E-state index contributed by atoms with van der Waals surface area (Å²) < 4.78 is 17.9. The maximum atomic E-state index is 11.7. The molecular formula is C21H25N5OS3. The van der Waals surface area contributed by atoms with Gasteiger partial charge in [0.05, 0.1) is 5.25 Å². The summed E-state index contributed by atoms with van der Waals surface area (Å²) in [6.45, 7) is 8.70. The zero-order valence-corrected chi connectivity index (χ0v) is 19.8. The molecule has 0 saturated carbocycles. The molecule has 0 N–H and O–H groups in total. The second-order valence-electron chi connectivity index (χ2n) is 6.71. The monoisotopic (exact) mass is 459 g/mol. The number of nitrogens with zero attached hydrogens (tertiary/aromatic N) is 5. The van der Waals surface area contributed by atoms with E-state index >= 15 is 0 Å². The molecule has 0 bridgehead atoms. The summed E-state index contributed by atoms with van der Waals surface area (Å²) in [4.78, 5) is 0.925. The van der Waals surface area contributed by atoms with Gasteiger partial charge in [-0.3, -0.25) is 4.21 Å². The fourth-order valence-corrected chi connectivity index (χ4v) is 5.16. The number of allylic oxidation sites excluding steroid dienone is 1. The molecule has 9 heteroatoms. The molecule has 0 aliphatic carbocycles. The number of benzene rings is 1. The van der Waals surface area contributed by atoms with Crippen molar-refractivity contribution in [2.45, 2.75) is 37.2 Å². The van der Waals surface area contributed by atoms with Crippen molar-refractivity contribution < 1.29 is 4.21 Å². The van der Waals surface area contributed by atoms with E-state index in [-0.39, 0.29) is 5.25 Å². The fourth-order valence-electron chi connectivity index (χ4n) is 2.89. The molecule has 2 aromatic heterocycles. The van der Waals surface area contributed by atoms with Gasteiger partial charge in [-0.15, -0.1) is 21.9 Å². The molecule has 0 aliphatic rings. The molecule has 2 heterocycles. The molecule has 0 spiro atoms. The fraction of sp³-hybridized carbons (Fsp3) is 0.333. The summed E-state index contributed by atoms with van der Waals surface area (Å²) in [5.74, 6) is 1.59. The summed E-state index contributed by atoms with van der Waals surface area (Å²) in [5, 5.41) is 14.1. The number of hydrogen-bond donors (Lipinski definition) is 0. The third-order valence-corrected chi connectivity index (χ3v) is 7.71. The molecule has 158 valence electrons. The summed E-state index contributed by atoms with van der Waals surface area (Å²) in [6, 6.07) is 10.0. The topological polar surface area (TPSA) is 73.6 Å². The lowest BCUT2D eigenvalue weighted by atomic mass is 10.1. The second-order valence-corrected chi connectivity index (χ2v) is 10.0. The molecule has 3 aromatic rings. The van der Waals surface area contributed by atoms with Crippen LogP contribution in [0.5, 0.6) is 0 Å². The van der Waals surface area contributed by atoms with Gasteiger partial charge in [-0.25, -0.2) is 0 Å². The van der Waals surface area contributed by atoms with Gasteiger partial charge in [0.25, 0.3) is 0 Å². The van der Waals surface area contributed by atoms with E-state index in [9.17, 15) is 4.21 Å². The van der Waals surface area contributed by atoms with Gasteiger partial charge in [0.15, 0.2) is 11.0 Å². The van der Waals surface area contributed by atoms with Crippen molar-refractivity contribution in [1.82, 2.24) is 24.4 Å². The number of rotatable bonds is 10. The molecule has 3 rings (SSSR count). The van der Waals surface area contributed by atoms with Gasteiger partial charge in [0.1, 0.15) is 10.6 Å². The van der Waals surface area contributed by atoms with Crippen LogP contribution in [0.1, 0.15) is 20.3 Å². The first-order valence-corrected chi connectivity index (χ1v) is 13.0. The standard InChI is InChI=1S/C21H25N5OS3/c1-5-17(30(4)27)13-12-15(3)14-28-21-24-23-20(26(21)6-2)19-18(22-25-29-19)16-10-8-7-9-11-16/h5,7-12,17H,1,6,13-14H2,2-4H3/b15-12+. The Morgan fingerprint density at radius 1 is 1.30 bits per heavy atom. The largest absolute Gasteiger partial charge is 0.302 e. The minimum Gasteiger partial charge on any atom is -0.302 e. The predicted molar refractivity (Wildman–Crippen MR) is 127 cm³/mol. The molecule has 2 atom stereocenters. The van der Waals surface area contributed by atoms with Crippen molar-refractivity contribution in [1.29, 1.82) is 0 Å². The molecule has 0 saturated heterocycles. The maximum absolute atomic E-state index is 11.7. The minimum atomic E-state index is -0.904. The van der Waals surface area contributed by atoms with Gasteiger partial charge < -0.3 is 4.57 Å². The molecule has 6 nitrogen and oxygen atoms in total. The van der Waals surface area contributed by atoms with E-state index in [2.05, 4.69) is 50.9 Å². The molecule has 1 aromatic carbocycles. The number of aromatic nitrogens is 5. The highest BCUT2D eigenvalue weighted by atomic mass is 32.2. The van der Waals surface area contributed by atoms with E-state index < -0.39 is 10.8 Å². The van der Waals surface area contributed by atoms with E-state index in [4.69, 9.17) is 0 Å². The Balaban J connectivity index is 1.77. The Kier molecular flexibility index (Phi) is 8.12. The Morgan fingerprint density at radius 2 is 2.07 bits per heavy atom. The van der Waals surface area contributed by atoms with E-state index in [0.717, 1.165) is 45.8 Å². The molecule has 2 unspecified atom stereocenters. The van der Waals surface area contributed by atoms with Crippen LogP contribution >= 0.6 is 23.3 Å². The predicted octanol–water partition coefficient (Wildman–Crippen LogP) is 4.85. The van der Waals surface area contributed by atoms with Gasteiger partial charge in [-0.2, -0.15) is 0 Å². The second kappa shape index (κ2) is 10.8. The van der Waals surface area contributed by atoms with E-state index in [1.807, 2.05) is 30.3 Å². The molecule has 0 aliphatic heterocycles. The van der Waals surface area contributed by atoms with Crippen molar-refractivity contribution in [3.8, 4) is 22.0 Å². The maximum Gasteiger partial charge on any atom is 0.191 e. The average molecular weight is 460 g/mol. The van der Waals surface area contributed by atoms with Crippen LogP contribution in [0.15, 0.2) is 59.8 Å². The van der Waals surface area contributed by atoms with E-state index in [1.54, 1.807) is 24.1 Å². The average Bonchev–Trinajstić information content (AvgIpc) is 3.39. The van der Waals surface area contributed by atoms with E-state index in [1.165, 1.54) is 17.1 Å². The summed E-state index contributed by atoms with van der Waals surface area (Å²) in [6.07, 6.45) is 6.35. The molecule has 0 fully saturated rings. The van der Waals surface area contributed by atoms with Crippen LogP contribution in [0.4, 0.5) is 0 Å². The Hall–Kier alpha value is -2.10. The van der Waals surface area contributed by atoms with Crippen LogP contribution in [-0.4, -0.2) is 45.8 Å². The van der Waals surface area contributed by atoms with Crippen molar-refractivity contribution in [3.05, 3.63) is 54.6 Å². The van der Waals surface area contributed by atoms with E-state index in [0.29, 0.717) is 0 Å².